The summed E-state index contributed by atoms with van der Waals surface area (Å²) in [4.78, 5) is 26.4. The predicted molar refractivity (Wildman–Crippen MR) is 115 cm³/mol. The van der Waals surface area contributed by atoms with Crippen molar-refractivity contribution in [2.24, 2.45) is 0 Å². The van der Waals surface area contributed by atoms with Crippen LogP contribution in [0.2, 0.25) is 0 Å². The number of sulfonamides is 1. The lowest BCUT2D eigenvalue weighted by Crippen LogP contribution is -2.37. The Labute approximate surface area is 181 Å². The van der Waals surface area contributed by atoms with Gasteiger partial charge < -0.3 is 10.1 Å². The molecule has 0 radical (unpaired) electrons. The van der Waals surface area contributed by atoms with E-state index in [-0.39, 0.29) is 11.4 Å². The van der Waals surface area contributed by atoms with E-state index in [0.717, 1.165) is 21.9 Å². The molecule has 2 aromatic carbocycles. The van der Waals surface area contributed by atoms with Gasteiger partial charge in [-0.05, 0) is 48.6 Å². The van der Waals surface area contributed by atoms with Crippen molar-refractivity contribution >= 4 is 27.8 Å². The van der Waals surface area contributed by atoms with Crippen LogP contribution in [0.4, 0.5) is 15.3 Å². The van der Waals surface area contributed by atoms with Crippen molar-refractivity contribution in [2.75, 3.05) is 24.6 Å². The van der Waals surface area contributed by atoms with E-state index >= 15 is 0 Å². The Morgan fingerprint density at radius 2 is 1.97 bits per heavy atom. The van der Waals surface area contributed by atoms with E-state index in [9.17, 15) is 18.0 Å². The van der Waals surface area contributed by atoms with Crippen molar-refractivity contribution in [1.29, 1.82) is 0 Å². The Balaban J connectivity index is 1.58. The molecular formula is C22H25N3O5S. The molecule has 9 heteroatoms. The average molecular weight is 444 g/mol. The predicted octanol–water partition coefficient (Wildman–Crippen LogP) is 3.44. The molecule has 2 aromatic rings. The molecule has 0 aromatic heterocycles. The van der Waals surface area contributed by atoms with Crippen molar-refractivity contribution < 1.29 is 22.7 Å². The van der Waals surface area contributed by atoms with E-state index in [2.05, 4.69) is 5.32 Å². The van der Waals surface area contributed by atoms with Gasteiger partial charge in [0.05, 0.1) is 29.8 Å². The summed E-state index contributed by atoms with van der Waals surface area (Å²) >= 11 is 0. The summed E-state index contributed by atoms with van der Waals surface area (Å²) in [6.45, 7) is 2.81. The Hall–Kier alpha value is -3.07. The van der Waals surface area contributed by atoms with Crippen molar-refractivity contribution in [3.8, 4) is 0 Å². The summed E-state index contributed by atoms with van der Waals surface area (Å²) < 4.78 is 32.6. The summed E-state index contributed by atoms with van der Waals surface area (Å²) in [6, 6.07) is 12.9. The highest BCUT2D eigenvalue weighted by molar-refractivity contribution is 7.89. The Morgan fingerprint density at radius 3 is 2.71 bits per heavy atom. The molecule has 1 atom stereocenters. The van der Waals surface area contributed by atoms with Crippen LogP contribution in [0.15, 0.2) is 53.4 Å². The zero-order valence-electron chi connectivity index (χ0n) is 17.3. The van der Waals surface area contributed by atoms with Crippen LogP contribution in [-0.4, -0.2) is 44.5 Å². The van der Waals surface area contributed by atoms with Gasteiger partial charge in [0.15, 0.2) is 0 Å². The number of urea groups is 1. The number of anilines is 1. The lowest BCUT2D eigenvalue weighted by Gasteiger charge is -2.29. The lowest BCUT2D eigenvalue weighted by molar-refractivity contribution is 0.153. The van der Waals surface area contributed by atoms with E-state index in [1.54, 1.807) is 17.0 Å². The third-order valence-electron chi connectivity index (χ3n) is 5.48. The SMILES string of the molecule is CCCOC(=O)N1CCCc2cc(S(=O)(=O)N3CC(c4ccccc4)NC3=O)ccc21. The summed E-state index contributed by atoms with van der Waals surface area (Å²) in [5.74, 6) is 0. The molecule has 3 amide bonds. The zero-order valence-corrected chi connectivity index (χ0v) is 18.1. The maximum Gasteiger partial charge on any atom is 0.414 e. The van der Waals surface area contributed by atoms with Gasteiger partial charge in [-0.3, -0.25) is 4.90 Å². The standard InChI is InChI=1S/C22H25N3O5S/c1-2-13-30-22(27)24-12-6-9-17-14-18(10-11-20(17)24)31(28,29)25-15-19(23-21(25)26)16-7-4-3-5-8-16/h3-5,7-8,10-11,14,19H,2,6,9,12-13,15H2,1H3,(H,23,26). The highest BCUT2D eigenvalue weighted by atomic mass is 32.2. The highest BCUT2D eigenvalue weighted by Crippen LogP contribution is 2.32. The minimum absolute atomic E-state index is 0.0255. The number of rotatable bonds is 5. The number of nitrogens with zero attached hydrogens (tertiary/aromatic N) is 2. The summed E-state index contributed by atoms with van der Waals surface area (Å²) in [6.07, 6.45) is 1.65. The lowest BCUT2D eigenvalue weighted by atomic mass is 10.0. The van der Waals surface area contributed by atoms with E-state index in [0.29, 0.717) is 31.7 Å². The first-order chi connectivity index (χ1) is 14.9. The van der Waals surface area contributed by atoms with E-state index in [1.165, 1.54) is 6.07 Å². The third-order valence-corrected chi connectivity index (χ3v) is 7.23. The molecule has 1 unspecified atom stereocenters. The van der Waals surface area contributed by atoms with Crippen LogP contribution >= 0.6 is 0 Å². The summed E-state index contributed by atoms with van der Waals surface area (Å²) in [5, 5.41) is 2.74. The minimum Gasteiger partial charge on any atom is -0.449 e. The van der Waals surface area contributed by atoms with E-state index in [1.807, 2.05) is 37.3 Å². The maximum absolute atomic E-state index is 13.2. The van der Waals surface area contributed by atoms with Gasteiger partial charge in [0.1, 0.15) is 0 Å². The molecular weight excluding hydrogens is 418 g/mol. The van der Waals surface area contributed by atoms with E-state index < -0.39 is 28.2 Å². The molecule has 1 saturated heterocycles. The first kappa shape index (κ1) is 21.2. The molecule has 0 aliphatic carbocycles. The molecule has 0 saturated carbocycles. The third kappa shape index (κ3) is 4.10. The zero-order chi connectivity index (χ0) is 22.0. The van der Waals surface area contributed by atoms with Crippen molar-refractivity contribution in [1.82, 2.24) is 9.62 Å². The van der Waals surface area contributed by atoms with Crippen molar-refractivity contribution in [2.45, 2.75) is 37.1 Å². The number of ether oxygens (including phenoxy) is 1. The van der Waals surface area contributed by atoms with Crippen molar-refractivity contribution in [3.05, 3.63) is 59.7 Å². The van der Waals surface area contributed by atoms with Gasteiger partial charge in [0.25, 0.3) is 10.0 Å². The number of hydrogen-bond acceptors (Lipinski definition) is 5. The van der Waals surface area contributed by atoms with Crippen LogP contribution in [0.5, 0.6) is 0 Å². The van der Waals surface area contributed by atoms with Crippen LogP contribution in [0.1, 0.15) is 36.9 Å². The smallest absolute Gasteiger partial charge is 0.414 e. The van der Waals surface area contributed by atoms with E-state index in [4.69, 9.17) is 4.74 Å². The van der Waals surface area contributed by atoms with Gasteiger partial charge in [-0.15, -0.1) is 0 Å². The first-order valence-corrected chi connectivity index (χ1v) is 11.8. The Bertz CT molecular complexity index is 1090. The quantitative estimate of drug-likeness (QED) is 0.764. The molecule has 4 rings (SSSR count). The fourth-order valence-corrected chi connectivity index (χ4v) is 5.32. The second kappa shape index (κ2) is 8.58. The molecule has 1 fully saturated rings. The summed E-state index contributed by atoms with van der Waals surface area (Å²) in [7, 11) is -4.03. The fraction of sp³-hybridized carbons (Fsp3) is 0.364. The normalized spacial score (nSPS) is 18.5. The van der Waals surface area contributed by atoms with Crippen LogP contribution in [-0.2, 0) is 21.2 Å². The molecule has 0 bridgehead atoms. The molecule has 164 valence electrons. The van der Waals surface area contributed by atoms with Crippen LogP contribution in [0, 0.1) is 0 Å². The Kier molecular flexibility index (Phi) is 5.86. The molecule has 8 nitrogen and oxygen atoms in total. The molecule has 1 N–H and O–H groups in total. The second-order valence-electron chi connectivity index (χ2n) is 7.61. The molecule has 2 aliphatic heterocycles. The topological polar surface area (TPSA) is 96.0 Å². The summed E-state index contributed by atoms with van der Waals surface area (Å²) in [5.41, 5.74) is 2.25. The van der Waals surface area contributed by atoms with Crippen LogP contribution in [0.3, 0.4) is 0 Å². The minimum atomic E-state index is -4.03. The number of carbonyl (C=O) groups excluding carboxylic acids is 2. The average Bonchev–Trinajstić information content (AvgIpc) is 3.19. The number of nitrogens with one attached hydrogen (secondary N) is 1. The molecule has 2 heterocycles. The number of amides is 3. The second-order valence-corrected chi connectivity index (χ2v) is 9.47. The van der Waals surface area contributed by atoms with Gasteiger partial charge in [-0.25, -0.2) is 22.3 Å². The van der Waals surface area contributed by atoms with Gasteiger partial charge in [0, 0.05) is 6.54 Å². The highest BCUT2D eigenvalue weighted by Gasteiger charge is 2.39. The maximum atomic E-state index is 13.2. The monoisotopic (exact) mass is 443 g/mol. The van der Waals surface area contributed by atoms with Crippen molar-refractivity contribution in [3.63, 3.8) is 0 Å². The fourth-order valence-electron chi connectivity index (χ4n) is 3.91. The molecule has 2 aliphatic rings. The van der Waals surface area contributed by atoms with Gasteiger partial charge in [0.2, 0.25) is 0 Å². The number of benzene rings is 2. The Morgan fingerprint density at radius 1 is 1.19 bits per heavy atom. The number of hydrogen-bond donors (Lipinski definition) is 1. The van der Waals surface area contributed by atoms with Gasteiger partial charge in [-0.1, -0.05) is 37.3 Å². The largest absolute Gasteiger partial charge is 0.449 e. The van der Waals surface area contributed by atoms with Gasteiger partial charge >= 0.3 is 12.1 Å². The first-order valence-electron chi connectivity index (χ1n) is 10.4. The molecule has 0 spiro atoms. The number of aryl methyl sites for hydroxylation is 1. The van der Waals surface area contributed by atoms with Crippen LogP contribution in [0.25, 0.3) is 0 Å². The number of carbonyl (C=O) groups is 2. The van der Waals surface area contributed by atoms with Gasteiger partial charge in [-0.2, -0.15) is 0 Å². The van der Waals surface area contributed by atoms with Crippen LogP contribution < -0.4 is 10.2 Å². The molecule has 31 heavy (non-hydrogen) atoms. The number of fused-ring (bicyclic) bond motifs is 1.